The van der Waals surface area contributed by atoms with Crippen molar-refractivity contribution in [3.63, 3.8) is 0 Å². The maximum absolute atomic E-state index is 5.29. The lowest BCUT2D eigenvalue weighted by atomic mass is 9.93. The van der Waals surface area contributed by atoms with Gasteiger partial charge in [0.1, 0.15) is 0 Å². The normalized spacial score (nSPS) is 14.0. The Morgan fingerprint density at radius 2 is 1.19 bits per heavy atom. The topological polar surface area (TPSA) is 48.1 Å². The Morgan fingerprint density at radius 3 is 1.48 bits per heavy atom. The molecule has 0 heterocycles. The number of rotatable bonds is 8. The maximum Gasteiger partial charge on any atom is 0.166 e. The molecule has 0 aliphatic rings. The third kappa shape index (κ3) is 10.7. The Morgan fingerprint density at radius 1 is 0.857 bits per heavy atom. The van der Waals surface area contributed by atoms with E-state index in [9.17, 15) is 0 Å². The molecule has 0 rings (SSSR count). The van der Waals surface area contributed by atoms with Crippen LogP contribution in [-0.2, 0) is 0 Å². The second-order valence-corrected chi connectivity index (χ2v) is 7.25. The molecule has 0 aromatic heterocycles. The molecule has 0 aliphatic heterocycles. The van der Waals surface area contributed by atoms with Crippen molar-refractivity contribution in [3.8, 4) is 0 Å². The van der Waals surface area contributed by atoms with Crippen molar-refractivity contribution in [1.82, 2.24) is 21.3 Å². The summed E-state index contributed by atoms with van der Waals surface area (Å²) >= 11 is 10.6. The monoisotopic (exact) mass is 332 g/mol. The zero-order valence-electron chi connectivity index (χ0n) is 14.3. The van der Waals surface area contributed by atoms with Gasteiger partial charge in [0.15, 0.2) is 10.2 Å². The molecule has 124 valence electrons. The predicted molar refractivity (Wildman–Crippen MR) is 101 cm³/mol. The van der Waals surface area contributed by atoms with Crippen molar-refractivity contribution in [2.24, 2.45) is 5.41 Å². The highest BCUT2D eigenvalue weighted by Crippen LogP contribution is 2.11. The van der Waals surface area contributed by atoms with E-state index in [1.807, 2.05) is 0 Å². The Bertz CT molecular complexity index is 302. The highest BCUT2D eigenvalue weighted by molar-refractivity contribution is 7.80. The largest absolute Gasteiger partial charge is 0.362 e. The second-order valence-electron chi connectivity index (χ2n) is 6.44. The van der Waals surface area contributed by atoms with Gasteiger partial charge in [-0.1, -0.05) is 27.7 Å². The average Bonchev–Trinajstić information content (AvgIpc) is 2.43. The summed E-state index contributed by atoms with van der Waals surface area (Å²) in [6, 6.07) is 0.803. The molecule has 0 aromatic carbocycles. The van der Waals surface area contributed by atoms with E-state index in [-0.39, 0.29) is 5.41 Å². The number of nitrogens with one attached hydrogen (secondary N) is 4. The fourth-order valence-corrected chi connectivity index (χ4v) is 2.00. The molecule has 4 nitrogen and oxygen atoms in total. The van der Waals surface area contributed by atoms with Crippen molar-refractivity contribution in [1.29, 1.82) is 0 Å². The number of thiocarbonyl (C=S) groups is 2. The van der Waals surface area contributed by atoms with E-state index in [1.165, 1.54) is 0 Å². The van der Waals surface area contributed by atoms with Crippen molar-refractivity contribution < 1.29 is 0 Å². The van der Waals surface area contributed by atoms with Crippen LogP contribution in [0.5, 0.6) is 0 Å². The molecule has 0 saturated carbocycles. The second kappa shape index (κ2) is 10.2. The van der Waals surface area contributed by atoms with Gasteiger partial charge in [-0.15, -0.1) is 0 Å². The molecule has 21 heavy (non-hydrogen) atoms. The highest BCUT2D eigenvalue weighted by atomic mass is 32.1. The summed E-state index contributed by atoms with van der Waals surface area (Å²) in [5.41, 5.74) is 0.0579. The molecule has 0 amide bonds. The number of hydrogen-bond donors (Lipinski definition) is 4. The molecule has 6 heteroatoms. The molecule has 0 radical (unpaired) electrons. The zero-order valence-corrected chi connectivity index (χ0v) is 15.9. The fourth-order valence-electron chi connectivity index (χ4n) is 1.46. The molecule has 0 spiro atoms. The summed E-state index contributed by atoms with van der Waals surface area (Å²) in [6.07, 6.45) is 2.12. The van der Waals surface area contributed by atoms with Crippen LogP contribution in [0.2, 0.25) is 0 Å². The first-order valence-corrected chi connectivity index (χ1v) is 8.60. The Labute approximate surface area is 141 Å². The van der Waals surface area contributed by atoms with Gasteiger partial charge >= 0.3 is 0 Å². The van der Waals surface area contributed by atoms with Crippen LogP contribution >= 0.6 is 24.4 Å². The van der Waals surface area contributed by atoms with Gasteiger partial charge in [-0.3, -0.25) is 0 Å². The molecule has 0 aromatic rings. The molecule has 4 N–H and O–H groups in total. The zero-order chi connectivity index (χ0) is 16.5. The van der Waals surface area contributed by atoms with Crippen molar-refractivity contribution in [2.75, 3.05) is 13.1 Å². The van der Waals surface area contributed by atoms with Crippen LogP contribution < -0.4 is 21.3 Å². The van der Waals surface area contributed by atoms with Gasteiger partial charge in [0.05, 0.1) is 0 Å². The maximum atomic E-state index is 5.29. The van der Waals surface area contributed by atoms with E-state index in [4.69, 9.17) is 24.4 Å². The molecule has 0 aliphatic carbocycles. The Hall–Kier alpha value is -0.620. The summed E-state index contributed by atoms with van der Waals surface area (Å²) in [6.45, 7) is 14.5. The van der Waals surface area contributed by atoms with Gasteiger partial charge in [-0.2, -0.15) is 0 Å². The first-order chi connectivity index (χ1) is 9.70. The van der Waals surface area contributed by atoms with Crippen LogP contribution in [0.3, 0.4) is 0 Å². The van der Waals surface area contributed by atoms with Gasteiger partial charge in [0.25, 0.3) is 0 Å². The van der Waals surface area contributed by atoms with Crippen LogP contribution in [0, 0.1) is 5.41 Å². The lowest BCUT2D eigenvalue weighted by molar-refractivity contribution is 0.358. The lowest BCUT2D eigenvalue weighted by Crippen LogP contribution is -2.48. The van der Waals surface area contributed by atoms with Gasteiger partial charge in [-0.05, 0) is 56.5 Å². The van der Waals surface area contributed by atoms with E-state index in [2.05, 4.69) is 62.8 Å². The standard InChI is InChI=1S/C15H32N4S2/c1-7-11(3)18-13(20)16-9-15(5,6)10-17-14(21)19-12(4)8-2/h11-12H,7-10H2,1-6H3,(H2,16,18,20)(H2,17,19,21)/t11-,12-/m0/s1. The van der Waals surface area contributed by atoms with Crippen LogP contribution in [0.1, 0.15) is 54.4 Å². The highest BCUT2D eigenvalue weighted by Gasteiger charge is 2.19. The van der Waals surface area contributed by atoms with Crippen LogP contribution in [0.15, 0.2) is 0 Å². The molecule has 0 saturated heterocycles. The minimum Gasteiger partial charge on any atom is -0.362 e. The molecule has 0 bridgehead atoms. The summed E-state index contributed by atoms with van der Waals surface area (Å²) in [7, 11) is 0. The van der Waals surface area contributed by atoms with Gasteiger partial charge < -0.3 is 21.3 Å². The lowest BCUT2D eigenvalue weighted by Gasteiger charge is -2.28. The summed E-state index contributed by atoms with van der Waals surface area (Å²) in [5, 5.41) is 14.5. The molecular formula is C15H32N4S2. The first-order valence-electron chi connectivity index (χ1n) is 7.79. The van der Waals surface area contributed by atoms with Crippen LogP contribution in [0.25, 0.3) is 0 Å². The van der Waals surface area contributed by atoms with Crippen molar-refractivity contribution in [3.05, 3.63) is 0 Å². The molecular weight excluding hydrogens is 300 g/mol. The van der Waals surface area contributed by atoms with E-state index in [0.29, 0.717) is 12.1 Å². The fraction of sp³-hybridized carbons (Fsp3) is 0.867. The van der Waals surface area contributed by atoms with Gasteiger partial charge in [-0.25, -0.2) is 0 Å². The summed E-state index contributed by atoms with van der Waals surface area (Å²) in [5.74, 6) is 0. The average molecular weight is 333 g/mol. The van der Waals surface area contributed by atoms with Crippen LogP contribution in [0.4, 0.5) is 0 Å². The third-order valence-corrected chi connectivity index (χ3v) is 3.96. The minimum atomic E-state index is 0.0579. The van der Waals surface area contributed by atoms with Crippen LogP contribution in [-0.4, -0.2) is 35.4 Å². The smallest absolute Gasteiger partial charge is 0.166 e. The molecule has 0 unspecified atom stereocenters. The van der Waals surface area contributed by atoms with E-state index >= 15 is 0 Å². The predicted octanol–water partition coefficient (Wildman–Crippen LogP) is 2.54. The van der Waals surface area contributed by atoms with E-state index < -0.39 is 0 Å². The Balaban J connectivity index is 4.03. The van der Waals surface area contributed by atoms with E-state index in [1.54, 1.807) is 0 Å². The van der Waals surface area contributed by atoms with Crippen molar-refractivity contribution in [2.45, 2.75) is 66.5 Å². The molecule has 0 fully saturated rings. The quantitative estimate of drug-likeness (QED) is 0.513. The third-order valence-electron chi connectivity index (χ3n) is 3.43. The summed E-state index contributed by atoms with van der Waals surface area (Å²) in [4.78, 5) is 0. The SMILES string of the molecule is CC[C@H](C)NC(=S)NCC(C)(C)CNC(=S)N[C@@H](C)CC. The van der Waals surface area contributed by atoms with Gasteiger partial charge in [0.2, 0.25) is 0 Å². The molecule has 2 atom stereocenters. The summed E-state index contributed by atoms with van der Waals surface area (Å²) < 4.78 is 0. The number of hydrogen-bond acceptors (Lipinski definition) is 2. The minimum absolute atomic E-state index is 0.0579. The van der Waals surface area contributed by atoms with E-state index in [0.717, 1.165) is 36.2 Å². The van der Waals surface area contributed by atoms with Crippen molar-refractivity contribution >= 4 is 34.7 Å². The Kier molecular flexibility index (Phi) is 9.86. The first kappa shape index (κ1) is 20.4. The van der Waals surface area contributed by atoms with Gasteiger partial charge in [0, 0.05) is 25.2 Å².